The van der Waals surface area contributed by atoms with E-state index in [4.69, 9.17) is 19.0 Å². The number of aliphatic carboxylic acids is 1. The molecule has 2 aromatic rings. The Morgan fingerprint density at radius 3 is 2.62 bits per heavy atom. The molecule has 0 radical (unpaired) electrons. The molecule has 34 heavy (non-hydrogen) atoms. The summed E-state index contributed by atoms with van der Waals surface area (Å²) in [5.41, 5.74) is -0.699. The second-order valence-electron chi connectivity index (χ2n) is 6.65. The summed E-state index contributed by atoms with van der Waals surface area (Å²) in [5.74, 6) is -3.35. The minimum absolute atomic E-state index is 0.0997. The van der Waals surface area contributed by atoms with E-state index in [0.717, 1.165) is 11.0 Å². The van der Waals surface area contributed by atoms with E-state index in [1.165, 1.54) is 38.5 Å². The number of nitro groups is 1. The number of nitro benzene ring substituents is 1. The lowest BCUT2D eigenvalue weighted by atomic mass is 10.1. The van der Waals surface area contributed by atoms with Crippen LogP contribution in [0.1, 0.15) is 21.9 Å². The fourth-order valence-electron chi connectivity index (χ4n) is 2.97. The maximum absolute atomic E-state index is 12.7. The van der Waals surface area contributed by atoms with Crippen molar-refractivity contribution in [1.82, 2.24) is 10.2 Å². The van der Waals surface area contributed by atoms with Gasteiger partial charge in [-0.1, -0.05) is 0 Å². The summed E-state index contributed by atoms with van der Waals surface area (Å²) in [4.78, 5) is 58.8. The summed E-state index contributed by atoms with van der Waals surface area (Å²) in [6.45, 7) is -1.13. The Morgan fingerprint density at radius 1 is 1.26 bits per heavy atom. The number of hydrogen-bond donors (Lipinski definition) is 2. The minimum atomic E-state index is -1.35. The number of methoxy groups -OCH3 is 2. The Kier molecular flexibility index (Phi) is 6.80. The van der Waals surface area contributed by atoms with Crippen LogP contribution < -0.4 is 14.8 Å². The van der Waals surface area contributed by atoms with Crippen LogP contribution in [0.4, 0.5) is 10.5 Å². The molecular formula is C20H17N3O11. The molecule has 2 N–H and O–H groups in total. The van der Waals surface area contributed by atoms with Crippen molar-refractivity contribution in [2.45, 2.75) is 6.54 Å². The lowest BCUT2D eigenvalue weighted by molar-refractivity contribution is -0.385. The van der Waals surface area contributed by atoms with E-state index in [2.05, 4.69) is 10.1 Å². The second kappa shape index (κ2) is 9.72. The van der Waals surface area contributed by atoms with E-state index >= 15 is 0 Å². The van der Waals surface area contributed by atoms with Crippen LogP contribution in [-0.4, -0.2) is 59.6 Å². The van der Waals surface area contributed by atoms with E-state index in [1.807, 2.05) is 0 Å². The average Bonchev–Trinajstić information content (AvgIpc) is 3.37. The van der Waals surface area contributed by atoms with Crippen molar-refractivity contribution in [2.75, 3.05) is 20.8 Å². The highest BCUT2D eigenvalue weighted by Crippen LogP contribution is 2.39. The van der Waals surface area contributed by atoms with Gasteiger partial charge in [-0.2, -0.15) is 0 Å². The Bertz CT molecular complexity index is 1210. The lowest BCUT2D eigenvalue weighted by Crippen LogP contribution is -2.30. The van der Waals surface area contributed by atoms with E-state index in [9.17, 15) is 29.3 Å². The van der Waals surface area contributed by atoms with Gasteiger partial charge in [0.1, 0.15) is 11.5 Å². The monoisotopic (exact) mass is 475 g/mol. The normalized spacial score (nSPS) is 14.2. The average molecular weight is 475 g/mol. The molecule has 3 rings (SSSR count). The molecule has 2 heterocycles. The number of esters is 1. The Morgan fingerprint density at radius 2 is 2.00 bits per heavy atom. The first-order valence-electron chi connectivity index (χ1n) is 9.37. The Labute approximate surface area is 190 Å². The van der Waals surface area contributed by atoms with Gasteiger partial charge in [0.25, 0.3) is 5.91 Å². The first kappa shape index (κ1) is 23.8. The number of carboxylic acid groups (broad SMARTS) is 1. The van der Waals surface area contributed by atoms with Gasteiger partial charge in [0.15, 0.2) is 12.4 Å². The van der Waals surface area contributed by atoms with Gasteiger partial charge in [-0.15, -0.1) is 0 Å². The number of nitrogens with zero attached hydrogens (tertiary/aromatic N) is 2. The van der Waals surface area contributed by atoms with Crippen LogP contribution in [0, 0.1) is 10.1 Å². The zero-order valence-corrected chi connectivity index (χ0v) is 17.7. The molecule has 178 valence electrons. The largest absolute Gasteiger partial charge is 0.493 e. The summed E-state index contributed by atoms with van der Waals surface area (Å²) in [6.07, 6.45) is 1.18. The van der Waals surface area contributed by atoms with Gasteiger partial charge < -0.3 is 29.1 Å². The van der Waals surface area contributed by atoms with Gasteiger partial charge in [-0.25, -0.2) is 14.4 Å². The van der Waals surface area contributed by atoms with E-state index in [-0.39, 0.29) is 35.1 Å². The van der Waals surface area contributed by atoms with Crippen molar-refractivity contribution in [3.05, 3.63) is 57.2 Å². The number of nitrogens with one attached hydrogen (secondary N) is 1. The quantitative estimate of drug-likeness (QED) is 0.176. The standard InChI is InChI=1S/C20H17N3O11/c1-31-15-7-10(6-13(23(29)30)17(15)33-9-16(24)25)5-12-18(26)22(20(28)21-12)8-11-3-4-14(34-11)19(27)32-2/h3-7H,8-9H2,1-2H3,(H,21,28)(H,24,25)/b12-5-. The molecule has 0 aliphatic carbocycles. The number of imide groups is 1. The van der Waals surface area contributed by atoms with Crippen molar-refractivity contribution in [3.8, 4) is 11.5 Å². The highest BCUT2D eigenvalue weighted by atomic mass is 16.6. The molecule has 14 nitrogen and oxygen atoms in total. The van der Waals surface area contributed by atoms with Crippen molar-refractivity contribution < 1.29 is 47.8 Å². The maximum Gasteiger partial charge on any atom is 0.373 e. The number of carbonyl (C=O) groups is 4. The number of amides is 3. The molecule has 0 unspecified atom stereocenters. The number of furan rings is 1. The number of hydrogen-bond acceptors (Lipinski definition) is 10. The van der Waals surface area contributed by atoms with Gasteiger partial charge in [0.2, 0.25) is 11.5 Å². The zero-order valence-electron chi connectivity index (χ0n) is 17.7. The molecule has 0 atom stereocenters. The molecular weight excluding hydrogens is 458 g/mol. The van der Waals surface area contributed by atoms with Crippen molar-refractivity contribution in [1.29, 1.82) is 0 Å². The molecule has 1 aromatic carbocycles. The van der Waals surface area contributed by atoms with Gasteiger partial charge in [0, 0.05) is 6.07 Å². The van der Waals surface area contributed by atoms with Crippen LogP contribution in [0.2, 0.25) is 0 Å². The zero-order chi connectivity index (χ0) is 25.0. The van der Waals surface area contributed by atoms with E-state index in [1.54, 1.807) is 0 Å². The molecule has 1 aromatic heterocycles. The number of rotatable bonds is 9. The molecule has 3 amide bonds. The molecule has 1 aliphatic heterocycles. The Hall–Kier alpha value is -4.88. The van der Waals surface area contributed by atoms with E-state index < -0.39 is 46.8 Å². The van der Waals surface area contributed by atoms with Crippen molar-refractivity contribution in [2.24, 2.45) is 0 Å². The van der Waals surface area contributed by atoms with Gasteiger partial charge in [-0.05, 0) is 29.8 Å². The summed E-state index contributed by atoms with van der Waals surface area (Å²) >= 11 is 0. The van der Waals surface area contributed by atoms with Crippen LogP contribution in [0.3, 0.4) is 0 Å². The summed E-state index contributed by atoms with van der Waals surface area (Å²) in [6, 6.07) is 4.25. The topological polar surface area (TPSA) is 188 Å². The number of ether oxygens (including phenoxy) is 3. The number of carbonyl (C=O) groups excluding carboxylic acids is 3. The smallest absolute Gasteiger partial charge is 0.373 e. The predicted octanol–water partition coefficient (Wildman–Crippen LogP) is 1.54. The van der Waals surface area contributed by atoms with Crippen LogP contribution in [0.5, 0.6) is 11.5 Å². The third-order valence-corrected chi connectivity index (χ3v) is 4.45. The molecule has 1 aliphatic rings. The summed E-state index contributed by atoms with van der Waals surface area (Å²) in [7, 11) is 2.36. The SMILES string of the molecule is COC(=O)c1ccc(CN2C(=O)N/C(=C\c3cc(OC)c(OCC(=O)O)c([N+](=O)[O-])c3)C2=O)o1. The molecule has 0 bridgehead atoms. The number of urea groups is 1. The highest BCUT2D eigenvalue weighted by Gasteiger charge is 2.35. The first-order chi connectivity index (χ1) is 16.1. The molecule has 1 saturated heterocycles. The van der Waals surface area contributed by atoms with Gasteiger partial charge in [-0.3, -0.25) is 19.8 Å². The highest BCUT2D eigenvalue weighted by molar-refractivity contribution is 6.13. The van der Waals surface area contributed by atoms with E-state index in [0.29, 0.717) is 0 Å². The molecule has 1 fully saturated rings. The third kappa shape index (κ3) is 4.95. The van der Waals surface area contributed by atoms with Crippen molar-refractivity contribution >= 4 is 35.6 Å². The Balaban J connectivity index is 1.88. The fourth-order valence-corrected chi connectivity index (χ4v) is 2.97. The van der Waals surface area contributed by atoms with Crippen LogP contribution in [-0.2, 0) is 20.9 Å². The lowest BCUT2D eigenvalue weighted by Gasteiger charge is -2.11. The van der Waals surface area contributed by atoms with Crippen molar-refractivity contribution in [3.63, 3.8) is 0 Å². The summed E-state index contributed by atoms with van der Waals surface area (Å²) < 4.78 is 19.8. The number of benzene rings is 1. The molecule has 14 heteroatoms. The van der Waals surface area contributed by atoms with Crippen LogP contribution >= 0.6 is 0 Å². The first-order valence-corrected chi connectivity index (χ1v) is 9.37. The molecule has 0 spiro atoms. The summed E-state index contributed by atoms with van der Waals surface area (Å²) in [5, 5.41) is 22.6. The van der Waals surface area contributed by atoms with Gasteiger partial charge >= 0.3 is 23.7 Å². The maximum atomic E-state index is 12.7. The van der Waals surface area contributed by atoms with Crippen LogP contribution in [0.15, 0.2) is 34.4 Å². The fraction of sp³-hybridized carbons (Fsp3) is 0.200. The third-order valence-electron chi connectivity index (χ3n) is 4.45. The second-order valence-corrected chi connectivity index (χ2v) is 6.65. The van der Waals surface area contributed by atoms with Gasteiger partial charge in [0.05, 0.1) is 25.7 Å². The minimum Gasteiger partial charge on any atom is -0.493 e. The predicted molar refractivity (Wildman–Crippen MR) is 110 cm³/mol. The number of carboxylic acids is 1. The molecule has 0 saturated carbocycles. The van der Waals surface area contributed by atoms with Crippen LogP contribution in [0.25, 0.3) is 6.08 Å².